The highest BCUT2D eigenvalue weighted by molar-refractivity contribution is 5.76. The minimum Gasteiger partial charge on any atom is -0.394 e. The van der Waals surface area contributed by atoms with Crippen molar-refractivity contribution in [2.45, 2.75) is 256 Å². The van der Waals surface area contributed by atoms with Crippen LogP contribution in [-0.4, -0.2) is 87.5 Å². The molecule has 1 rings (SSSR count). The zero-order valence-corrected chi connectivity index (χ0v) is 41.9. The number of hydrogen-bond acceptors (Lipinski definition) is 8. The Morgan fingerprint density at radius 1 is 0.530 bits per heavy atom. The highest BCUT2D eigenvalue weighted by atomic mass is 16.7. The standard InChI is InChI=1S/C57H99NO8/c1-3-5-7-9-11-13-15-17-19-21-22-23-24-25-26-27-28-29-31-32-34-36-38-40-42-44-46-51(60)50(49-65-57-56(64)55(63)54(62)52(48-59)66-57)58-53(61)47-45-43-41-39-37-35-33-30-20-18-16-14-12-10-8-6-4-2/h6,8,12,14,18,20,33,35-36,38-39,41,44,46,50-52,54-57,59-60,62-64H,3-5,7,9-11,13,15-17,19,21-32,34,37,40,42-43,45,47-49H2,1-2H3,(H,58,61)/b8-6-,14-12-,20-18-,35-33-,38-36+,41-39-,46-44+. The summed E-state index contributed by atoms with van der Waals surface area (Å²) in [5, 5.41) is 54.3. The van der Waals surface area contributed by atoms with Crippen molar-refractivity contribution in [1.29, 1.82) is 0 Å². The van der Waals surface area contributed by atoms with E-state index in [2.05, 4.69) is 92.1 Å². The fourth-order valence-electron chi connectivity index (χ4n) is 7.97. The van der Waals surface area contributed by atoms with E-state index in [0.717, 1.165) is 57.8 Å². The first-order valence-electron chi connectivity index (χ1n) is 26.8. The highest BCUT2D eigenvalue weighted by Gasteiger charge is 2.44. The van der Waals surface area contributed by atoms with Crippen LogP contribution in [0.4, 0.5) is 0 Å². The molecular formula is C57H99NO8. The van der Waals surface area contributed by atoms with Crippen LogP contribution in [0, 0.1) is 0 Å². The summed E-state index contributed by atoms with van der Waals surface area (Å²) < 4.78 is 11.2. The van der Waals surface area contributed by atoms with Crippen molar-refractivity contribution in [2.24, 2.45) is 0 Å². The Morgan fingerprint density at radius 3 is 1.45 bits per heavy atom. The van der Waals surface area contributed by atoms with Crippen molar-refractivity contribution in [3.05, 3.63) is 85.1 Å². The molecule has 0 aromatic heterocycles. The van der Waals surface area contributed by atoms with Crippen molar-refractivity contribution in [3.8, 4) is 0 Å². The van der Waals surface area contributed by atoms with Crippen LogP contribution in [0.3, 0.4) is 0 Å². The number of carbonyl (C=O) groups excluding carboxylic acids is 1. The zero-order chi connectivity index (χ0) is 48.0. The minimum absolute atomic E-state index is 0.228. The molecule has 0 spiro atoms. The normalized spacial score (nSPS) is 20.5. The SMILES string of the molecule is CC/C=C\C/C=C\C/C=C\C/C=C\C/C=C\CCCC(=O)NC(COC1OC(CO)C(O)C(O)C1O)C(O)/C=C/CC/C=C/CCCCCCCCCCCCCCCCCCCCCC. The number of aliphatic hydroxyl groups excluding tert-OH is 5. The smallest absolute Gasteiger partial charge is 0.220 e. The average Bonchev–Trinajstić information content (AvgIpc) is 3.32. The Labute approximate surface area is 403 Å². The average molecular weight is 926 g/mol. The first-order chi connectivity index (χ1) is 32.3. The Balaban J connectivity index is 2.31. The predicted molar refractivity (Wildman–Crippen MR) is 276 cm³/mol. The summed E-state index contributed by atoms with van der Waals surface area (Å²) in [5.41, 5.74) is 0. The second-order valence-corrected chi connectivity index (χ2v) is 18.3. The van der Waals surface area contributed by atoms with Gasteiger partial charge in [-0.05, 0) is 70.6 Å². The largest absolute Gasteiger partial charge is 0.394 e. The van der Waals surface area contributed by atoms with E-state index in [4.69, 9.17) is 9.47 Å². The van der Waals surface area contributed by atoms with Crippen molar-refractivity contribution < 1.29 is 39.8 Å². The zero-order valence-electron chi connectivity index (χ0n) is 41.9. The van der Waals surface area contributed by atoms with E-state index < -0.39 is 49.5 Å². The molecule has 0 bridgehead atoms. The summed E-state index contributed by atoms with van der Waals surface area (Å²) in [6.07, 6.45) is 58.0. The van der Waals surface area contributed by atoms with E-state index >= 15 is 0 Å². The van der Waals surface area contributed by atoms with Crippen LogP contribution >= 0.6 is 0 Å². The van der Waals surface area contributed by atoms with Gasteiger partial charge in [0.1, 0.15) is 24.4 Å². The van der Waals surface area contributed by atoms with E-state index in [1.54, 1.807) is 6.08 Å². The van der Waals surface area contributed by atoms with Crippen LogP contribution in [0.5, 0.6) is 0 Å². The molecule has 7 unspecified atom stereocenters. The van der Waals surface area contributed by atoms with Gasteiger partial charge in [-0.25, -0.2) is 0 Å². The van der Waals surface area contributed by atoms with Crippen LogP contribution in [0.2, 0.25) is 0 Å². The molecule has 0 saturated carbocycles. The number of carbonyl (C=O) groups is 1. The lowest BCUT2D eigenvalue weighted by Gasteiger charge is -2.40. The summed E-state index contributed by atoms with van der Waals surface area (Å²) in [6, 6.07) is -0.857. The third-order valence-electron chi connectivity index (χ3n) is 12.2. The fraction of sp³-hybridized carbons (Fsp3) is 0.737. The van der Waals surface area contributed by atoms with E-state index in [1.165, 1.54) is 128 Å². The molecule has 7 atom stereocenters. The number of hydrogen-bond donors (Lipinski definition) is 6. The Bertz CT molecular complexity index is 1300. The Morgan fingerprint density at radius 2 is 0.955 bits per heavy atom. The molecule has 0 aromatic carbocycles. The summed E-state index contributed by atoms with van der Waals surface area (Å²) in [6.45, 7) is 3.61. The van der Waals surface area contributed by atoms with Gasteiger partial charge in [0.05, 0.1) is 25.4 Å². The molecule has 1 aliphatic heterocycles. The molecule has 9 heteroatoms. The molecule has 1 fully saturated rings. The third kappa shape index (κ3) is 35.5. The number of rotatable bonds is 44. The van der Waals surface area contributed by atoms with Gasteiger partial charge in [-0.3, -0.25) is 4.79 Å². The second kappa shape index (κ2) is 46.1. The molecule has 1 saturated heterocycles. The molecule has 0 aromatic rings. The summed E-state index contributed by atoms with van der Waals surface area (Å²) >= 11 is 0. The monoisotopic (exact) mass is 926 g/mol. The maximum Gasteiger partial charge on any atom is 0.220 e. The van der Waals surface area contributed by atoms with Gasteiger partial charge in [0.15, 0.2) is 6.29 Å². The number of amides is 1. The Kier molecular flexibility index (Phi) is 42.9. The van der Waals surface area contributed by atoms with Gasteiger partial charge in [0.25, 0.3) is 0 Å². The van der Waals surface area contributed by atoms with Gasteiger partial charge in [0.2, 0.25) is 5.91 Å². The summed E-state index contributed by atoms with van der Waals surface area (Å²) in [4.78, 5) is 13.0. The van der Waals surface area contributed by atoms with Crippen LogP contribution in [0.25, 0.3) is 0 Å². The van der Waals surface area contributed by atoms with E-state index in [-0.39, 0.29) is 18.9 Å². The summed E-state index contributed by atoms with van der Waals surface area (Å²) in [7, 11) is 0. The number of aliphatic hydroxyl groups is 5. The van der Waals surface area contributed by atoms with Crippen molar-refractivity contribution in [1.82, 2.24) is 5.32 Å². The molecule has 1 heterocycles. The highest BCUT2D eigenvalue weighted by Crippen LogP contribution is 2.23. The number of ether oxygens (including phenoxy) is 2. The van der Waals surface area contributed by atoms with Gasteiger partial charge in [-0.15, -0.1) is 0 Å². The van der Waals surface area contributed by atoms with Crippen molar-refractivity contribution in [3.63, 3.8) is 0 Å². The fourth-order valence-corrected chi connectivity index (χ4v) is 7.97. The molecule has 380 valence electrons. The van der Waals surface area contributed by atoms with Gasteiger partial charge >= 0.3 is 0 Å². The van der Waals surface area contributed by atoms with Gasteiger partial charge < -0.3 is 40.3 Å². The maximum absolute atomic E-state index is 13.0. The lowest BCUT2D eigenvalue weighted by Crippen LogP contribution is -2.60. The van der Waals surface area contributed by atoms with E-state index in [1.807, 2.05) is 6.08 Å². The third-order valence-corrected chi connectivity index (χ3v) is 12.2. The first kappa shape index (κ1) is 61.4. The first-order valence-corrected chi connectivity index (χ1v) is 26.8. The number of allylic oxidation sites excluding steroid dienone is 13. The van der Waals surface area contributed by atoms with Crippen LogP contribution in [-0.2, 0) is 14.3 Å². The number of nitrogens with one attached hydrogen (secondary N) is 1. The van der Waals surface area contributed by atoms with E-state index in [9.17, 15) is 30.3 Å². The van der Waals surface area contributed by atoms with Gasteiger partial charge in [0, 0.05) is 6.42 Å². The van der Waals surface area contributed by atoms with Gasteiger partial charge in [-0.2, -0.15) is 0 Å². The molecule has 6 N–H and O–H groups in total. The van der Waals surface area contributed by atoms with Crippen molar-refractivity contribution >= 4 is 5.91 Å². The summed E-state index contributed by atoms with van der Waals surface area (Å²) in [5.74, 6) is -0.245. The minimum atomic E-state index is -1.59. The lowest BCUT2D eigenvalue weighted by molar-refractivity contribution is -0.302. The molecule has 1 amide bonds. The number of unbranched alkanes of at least 4 members (excludes halogenated alkanes) is 22. The quantitative estimate of drug-likeness (QED) is 0.0261. The van der Waals surface area contributed by atoms with Crippen LogP contribution in [0.1, 0.15) is 213 Å². The molecule has 1 aliphatic rings. The van der Waals surface area contributed by atoms with Crippen LogP contribution < -0.4 is 5.32 Å². The van der Waals surface area contributed by atoms with E-state index in [0.29, 0.717) is 6.42 Å². The molecule has 0 aliphatic carbocycles. The maximum atomic E-state index is 13.0. The van der Waals surface area contributed by atoms with Crippen LogP contribution in [0.15, 0.2) is 85.1 Å². The topological polar surface area (TPSA) is 149 Å². The molecule has 0 radical (unpaired) electrons. The van der Waals surface area contributed by atoms with Crippen molar-refractivity contribution in [2.75, 3.05) is 13.2 Å². The Hall–Kier alpha value is -2.63. The molecule has 9 nitrogen and oxygen atoms in total. The lowest BCUT2D eigenvalue weighted by atomic mass is 9.99. The molecular weight excluding hydrogens is 827 g/mol. The predicted octanol–water partition coefficient (Wildman–Crippen LogP) is 12.7. The second-order valence-electron chi connectivity index (χ2n) is 18.3. The van der Waals surface area contributed by atoms with Gasteiger partial charge in [-0.1, -0.05) is 221 Å². The molecule has 66 heavy (non-hydrogen) atoms.